The summed E-state index contributed by atoms with van der Waals surface area (Å²) in [4.78, 5) is 24.9. The van der Waals surface area contributed by atoms with E-state index in [-0.39, 0.29) is 27.5 Å². The number of hydrogen-bond donors (Lipinski definition) is 3. The SMILES string of the molecule is O=C(O)c1ccc(Oc2ccccc2)c(NS(=O)(=O)c2ccc3[nH]c(=O)oc3c2)c1. The molecule has 0 saturated carbocycles. The Hall–Kier alpha value is -4.05. The van der Waals surface area contributed by atoms with E-state index in [1.807, 2.05) is 0 Å². The first-order valence-corrected chi connectivity index (χ1v) is 10.1. The maximum atomic E-state index is 12.9. The molecule has 0 aliphatic heterocycles. The number of rotatable bonds is 6. The van der Waals surface area contributed by atoms with Crippen LogP contribution in [0.3, 0.4) is 0 Å². The number of hydrogen-bond acceptors (Lipinski definition) is 6. The Morgan fingerprint density at radius 1 is 1.03 bits per heavy atom. The van der Waals surface area contributed by atoms with Gasteiger partial charge in [0.1, 0.15) is 5.75 Å². The average Bonchev–Trinajstić information content (AvgIpc) is 3.09. The number of carbonyl (C=O) groups is 1. The molecule has 9 nitrogen and oxygen atoms in total. The maximum absolute atomic E-state index is 12.9. The molecule has 4 rings (SSSR count). The van der Waals surface area contributed by atoms with Crippen molar-refractivity contribution >= 4 is 32.8 Å². The second-order valence-corrected chi connectivity index (χ2v) is 7.89. The summed E-state index contributed by atoms with van der Waals surface area (Å²) in [5.74, 6) is -1.38. The van der Waals surface area contributed by atoms with Gasteiger partial charge in [-0.15, -0.1) is 0 Å². The number of ether oxygens (including phenoxy) is 1. The van der Waals surface area contributed by atoms with Gasteiger partial charge in [-0.25, -0.2) is 18.0 Å². The van der Waals surface area contributed by atoms with Gasteiger partial charge in [-0.2, -0.15) is 0 Å². The zero-order valence-corrected chi connectivity index (χ0v) is 16.0. The number of carboxylic acid groups (broad SMARTS) is 1. The van der Waals surface area contributed by atoms with Crippen LogP contribution in [-0.2, 0) is 10.0 Å². The Balaban J connectivity index is 1.74. The van der Waals surface area contributed by atoms with Gasteiger partial charge in [0.15, 0.2) is 11.3 Å². The molecule has 0 spiro atoms. The number of benzene rings is 3. The molecule has 0 aliphatic rings. The Morgan fingerprint density at radius 2 is 1.80 bits per heavy atom. The number of sulfonamides is 1. The molecule has 3 aromatic carbocycles. The van der Waals surface area contributed by atoms with Gasteiger partial charge in [-0.05, 0) is 42.5 Å². The summed E-state index contributed by atoms with van der Waals surface area (Å²) in [7, 11) is -4.15. The predicted molar refractivity (Wildman–Crippen MR) is 108 cm³/mol. The summed E-state index contributed by atoms with van der Waals surface area (Å²) in [6, 6.07) is 16.3. The Bertz CT molecular complexity index is 1410. The van der Waals surface area contributed by atoms with Crippen LogP contribution >= 0.6 is 0 Å². The van der Waals surface area contributed by atoms with Gasteiger partial charge in [-0.3, -0.25) is 9.71 Å². The minimum absolute atomic E-state index is 0.0608. The molecule has 152 valence electrons. The van der Waals surface area contributed by atoms with Gasteiger partial charge in [0.25, 0.3) is 10.0 Å². The highest BCUT2D eigenvalue weighted by atomic mass is 32.2. The first-order valence-electron chi connectivity index (χ1n) is 8.58. The number of aromatic nitrogens is 1. The smallest absolute Gasteiger partial charge is 0.417 e. The fraction of sp³-hybridized carbons (Fsp3) is 0. The van der Waals surface area contributed by atoms with Crippen LogP contribution in [0, 0.1) is 0 Å². The average molecular weight is 426 g/mol. The molecule has 0 fully saturated rings. The van der Waals surface area contributed by atoms with Gasteiger partial charge in [0.05, 0.1) is 21.7 Å². The topological polar surface area (TPSA) is 139 Å². The van der Waals surface area contributed by atoms with Crippen molar-refractivity contribution in [2.75, 3.05) is 4.72 Å². The lowest BCUT2D eigenvalue weighted by molar-refractivity contribution is 0.0697. The van der Waals surface area contributed by atoms with Crippen molar-refractivity contribution in [3.8, 4) is 11.5 Å². The van der Waals surface area contributed by atoms with E-state index in [1.54, 1.807) is 30.3 Å². The highest BCUT2D eigenvalue weighted by Crippen LogP contribution is 2.32. The van der Waals surface area contributed by atoms with E-state index in [9.17, 15) is 23.1 Å². The molecule has 0 aliphatic carbocycles. The van der Waals surface area contributed by atoms with Crippen LogP contribution in [0.1, 0.15) is 10.4 Å². The van der Waals surface area contributed by atoms with Crippen LogP contribution in [0.5, 0.6) is 11.5 Å². The van der Waals surface area contributed by atoms with Gasteiger partial charge in [0, 0.05) is 6.07 Å². The van der Waals surface area contributed by atoms with Gasteiger partial charge in [0.2, 0.25) is 0 Å². The molecule has 0 radical (unpaired) electrons. The summed E-state index contributed by atoms with van der Waals surface area (Å²) >= 11 is 0. The highest BCUT2D eigenvalue weighted by molar-refractivity contribution is 7.92. The van der Waals surface area contributed by atoms with Crippen LogP contribution in [0.15, 0.2) is 80.8 Å². The van der Waals surface area contributed by atoms with Crippen molar-refractivity contribution < 1.29 is 27.5 Å². The predicted octanol–water partition coefficient (Wildman–Crippen LogP) is 3.41. The molecule has 30 heavy (non-hydrogen) atoms. The second kappa shape index (κ2) is 7.41. The number of anilines is 1. The molecule has 0 amide bonds. The number of para-hydroxylation sites is 1. The molecule has 1 heterocycles. The number of nitrogens with one attached hydrogen (secondary N) is 2. The first-order chi connectivity index (χ1) is 14.3. The molecule has 10 heteroatoms. The first kappa shape index (κ1) is 19.3. The fourth-order valence-corrected chi connectivity index (χ4v) is 3.82. The Kier molecular flexibility index (Phi) is 4.76. The molecule has 0 unspecified atom stereocenters. The van der Waals surface area contributed by atoms with Crippen molar-refractivity contribution in [2.24, 2.45) is 0 Å². The number of oxazole rings is 1. The maximum Gasteiger partial charge on any atom is 0.417 e. The molecule has 4 aromatic rings. The number of fused-ring (bicyclic) bond motifs is 1. The third-order valence-corrected chi connectivity index (χ3v) is 5.51. The molecule has 0 atom stereocenters. The summed E-state index contributed by atoms with van der Waals surface area (Å²) in [6.07, 6.45) is 0. The zero-order chi connectivity index (χ0) is 21.3. The van der Waals surface area contributed by atoms with Crippen LogP contribution in [0.25, 0.3) is 11.1 Å². The number of carboxylic acids is 1. The van der Waals surface area contributed by atoms with E-state index in [1.165, 1.54) is 30.3 Å². The Labute approximate surface area is 169 Å². The molecule has 3 N–H and O–H groups in total. The van der Waals surface area contributed by atoms with Crippen molar-refractivity contribution in [3.63, 3.8) is 0 Å². The van der Waals surface area contributed by atoms with Crippen LogP contribution in [-0.4, -0.2) is 24.5 Å². The van der Waals surface area contributed by atoms with Crippen LogP contribution < -0.4 is 15.2 Å². The van der Waals surface area contributed by atoms with Crippen LogP contribution in [0.4, 0.5) is 5.69 Å². The molecule has 1 aromatic heterocycles. The third kappa shape index (κ3) is 3.89. The van der Waals surface area contributed by atoms with E-state index in [0.29, 0.717) is 11.3 Å². The Morgan fingerprint density at radius 3 is 2.53 bits per heavy atom. The number of aromatic carboxylic acids is 1. The summed E-state index contributed by atoms with van der Waals surface area (Å²) in [5.41, 5.74) is 0.234. The van der Waals surface area contributed by atoms with Gasteiger partial charge in [-0.1, -0.05) is 18.2 Å². The van der Waals surface area contributed by atoms with Crippen molar-refractivity contribution in [1.82, 2.24) is 4.98 Å². The van der Waals surface area contributed by atoms with Crippen molar-refractivity contribution in [2.45, 2.75) is 4.90 Å². The highest BCUT2D eigenvalue weighted by Gasteiger charge is 2.20. The zero-order valence-electron chi connectivity index (χ0n) is 15.2. The number of aromatic amines is 1. The molecular formula is C20H14N2O7S. The van der Waals surface area contributed by atoms with Gasteiger partial charge < -0.3 is 14.3 Å². The standard InChI is InChI=1S/C20H14N2O7S/c23-19(24)12-6-9-17(28-13-4-2-1-3-5-13)16(10-12)22-30(26,27)14-7-8-15-18(11-14)29-20(25)21-15/h1-11,22H,(H,21,25)(H,23,24). The van der Waals surface area contributed by atoms with E-state index < -0.39 is 21.7 Å². The van der Waals surface area contributed by atoms with E-state index >= 15 is 0 Å². The lowest BCUT2D eigenvalue weighted by Gasteiger charge is -2.14. The third-order valence-electron chi connectivity index (χ3n) is 4.14. The lowest BCUT2D eigenvalue weighted by atomic mass is 10.2. The quantitative estimate of drug-likeness (QED) is 0.429. The minimum Gasteiger partial charge on any atom is -0.478 e. The summed E-state index contributed by atoms with van der Waals surface area (Å²) < 4.78 is 38.7. The van der Waals surface area contributed by atoms with Crippen LogP contribution in [0.2, 0.25) is 0 Å². The van der Waals surface area contributed by atoms with E-state index in [4.69, 9.17) is 9.15 Å². The van der Waals surface area contributed by atoms with Crippen molar-refractivity contribution in [1.29, 1.82) is 0 Å². The molecule has 0 bridgehead atoms. The molecule has 0 saturated heterocycles. The second-order valence-electron chi connectivity index (χ2n) is 6.21. The number of H-pyrrole nitrogens is 1. The summed E-state index contributed by atoms with van der Waals surface area (Å²) in [5, 5.41) is 9.26. The van der Waals surface area contributed by atoms with Gasteiger partial charge >= 0.3 is 11.7 Å². The normalized spacial score (nSPS) is 11.3. The molecular weight excluding hydrogens is 412 g/mol. The monoisotopic (exact) mass is 426 g/mol. The minimum atomic E-state index is -4.15. The lowest BCUT2D eigenvalue weighted by Crippen LogP contribution is -2.14. The summed E-state index contributed by atoms with van der Waals surface area (Å²) in [6.45, 7) is 0. The van der Waals surface area contributed by atoms with E-state index in [2.05, 4.69) is 9.71 Å². The fourth-order valence-electron chi connectivity index (χ4n) is 2.74. The largest absolute Gasteiger partial charge is 0.478 e. The van der Waals surface area contributed by atoms with Crippen molar-refractivity contribution in [3.05, 3.63) is 82.8 Å². The van der Waals surface area contributed by atoms with E-state index in [0.717, 1.165) is 6.07 Å².